The minimum Gasteiger partial charge on any atom is -0.497 e. The maximum absolute atomic E-state index is 12.8. The number of rotatable bonds is 5. The molecule has 1 aromatic heterocycles. The fourth-order valence-corrected chi connectivity index (χ4v) is 3.95. The van der Waals surface area contributed by atoms with E-state index in [0.29, 0.717) is 23.1 Å². The summed E-state index contributed by atoms with van der Waals surface area (Å²) in [6, 6.07) is 9.98. The molecule has 1 aromatic carbocycles. The summed E-state index contributed by atoms with van der Waals surface area (Å²) < 4.78 is 10.5. The van der Waals surface area contributed by atoms with Gasteiger partial charge in [-0.1, -0.05) is 6.07 Å². The molecule has 25 heavy (non-hydrogen) atoms. The van der Waals surface area contributed by atoms with Crippen molar-refractivity contribution in [3.8, 4) is 11.5 Å². The fraction of sp³-hybridized carbons (Fsp3) is 0.421. The number of hydrogen-bond donors (Lipinski definition) is 0. The lowest BCUT2D eigenvalue weighted by atomic mass is 10.1. The first-order chi connectivity index (χ1) is 12.1. The van der Waals surface area contributed by atoms with Gasteiger partial charge in [-0.2, -0.15) is 0 Å². The van der Waals surface area contributed by atoms with Crippen LogP contribution in [0, 0.1) is 0 Å². The number of amides is 1. The highest BCUT2D eigenvalue weighted by Gasteiger charge is 2.26. The van der Waals surface area contributed by atoms with Gasteiger partial charge < -0.3 is 14.4 Å². The van der Waals surface area contributed by atoms with Crippen LogP contribution in [0.2, 0.25) is 0 Å². The van der Waals surface area contributed by atoms with E-state index in [1.54, 1.807) is 43.8 Å². The summed E-state index contributed by atoms with van der Waals surface area (Å²) in [4.78, 5) is 18.6. The molecule has 0 saturated carbocycles. The highest BCUT2D eigenvalue weighted by atomic mass is 32.1. The van der Waals surface area contributed by atoms with Gasteiger partial charge in [0.25, 0.3) is 5.91 Å². The molecule has 1 atom stereocenters. The van der Waals surface area contributed by atoms with Crippen LogP contribution in [-0.4, -0.2) is 56.1 Å². The lowest BCUT2D eigenvalue weighted by Gasteiger charge is -2.37. The van der Waals surface area contributed by atoms with E-state index in [9.17, 15) is 4.79 Å². The quantitative estimate of drug-likeness (QED) is 0.821. The predicted molar refractivity (Wildman–Crippen MR) is 99.8 cm³/mol. The zero-order chi connectivity index (χ0) is 17.8. The first-order valence-corrected chi connectivity index (χ1v) is 9.30. The second kappa shape index (κ2) is 7.89. The molecular formula is C19H24N2O3S. The number of carbonyl (C=O) groups excluding carboxylic acids is 1. The van der Waals surface area contributed by atoms with Gasteiger partial charge in [0, 0.05) is 48.7 Å². The summed E-state index contributed by atoms with van der Waals surface area (Å²) >= 11 is 1.79. The Kier molecular flexibility index (Phi) is 5.60. The van der Waals surface area contributed by atoms with Crippen LogP contribution in [0.3, 0.4) is 0 Å². The number of ether oxygens (including phenoxy) is 2. The average Bonchev–Trinajstić information content (AvgIpc) is 3.21. The van der Waals surface area contributed by atoms with E-state index in [0.717, 1.165) is 26.2 Å². The largest absolute Gasteiger partial charge is 0.497 e. The molecule has 6 heteroatoms. The Morgan fingerprint density at radius 1 is 1.08 bits per heavy atom. The van der Waals surface area contributed by atoms with Crippen LogP contribution in [0.25, 0.3) is 0 Å². The first kappa shape index (κ1) is 17.8. The molecule has 0 radical (unpaired) electrons. The average molecular weight is 360 g/mol. The Labute approximate surface area is 152 Å². The molecule has 134 valence electrons. The Morgan fingerprint density at radius 2 is 1.72 bits per heavy atom. The fourth-order valence-electron chi connectivity index (χ4n) is 3.13. The van der Waals surface area contributed by atoms with E-state index in [1.807, 2.05) is 4.90 Å². The van der Waals surface area contributed by atoms with Crippen molar-refractivity contribution >= 4 is 17.2 Å². The van der Waals surface area contributed by atoms with Gasteiger partial charge in [-0.3, -0.25) is 9.69 Å². The highest BCUT2D eigenvalue weighted by molar-refractivity contribution is 7.10. The maximum Gasteiger partial charge on any atom is 0.254 e. The van der Waals surface area contributed by atoms with E-state index in [4.69, 9.17) is 9.47 Å². The van der Waals surface area contributed by atoms with Crippen molar-refractivity contribution in [2.75, 3.05) is 40.4 Å². The Bertz CT molecular complexity index is 687. The first-order valence-electron chi connectivity index (χ1n) is 8.42. The van der Waals surface area contributed by atoms with Crippen LogP contribution in [0.15, 0.2) is 35.7 Å². The van der Waals surface area contributed by atoms with Gasteiger partial charge >= 0.3 is 0 Å². The third kappa shape index (κ3) is 3.96. The van der Waals surface area contributed by atoms with Crippen molar-refractivity contribution in [2.24, 2.45) is 0 Å². The topological polar surface area (TPSA) is 42.0 Å². The molecule has 1 aliphatic rings. The van der Waals surface area contributed by atoms with Gasteiger partial charge in [0.05, 0.1) is 14.2 Å². The van der Waals surface area contributed by atoms with E-state index in [-0.39, 0.29) is 5.91 Å². The van der Waals surface area contributed by atoms with E-state index >= 15 is 0 Å². The second-order valence-electron chi connectivity index (χ2n) is 6.12. The summed E-state index contributed by atoms with van der Waals surface area (Å²) in [6.45, 7) is 5.45. The SMILES string of the molecule is COc1cc(OC)cc(C(=O)N2CCN(C(C)c3cccs3)CC2)c1. The van der Waals surface area contributed by atoms with Crippen molar-refractivity contribution < 1.29 is 14.3 Å². The van der Waals surface area contributed by atoms with E-state index in [1.165, 1.54) is 4.88 Å². The number of methoxy groups -OCH3 is 2. The van der Waals surface area contributed by atoms with Gasteiger partial charge in [0.15, 0.2) is 0 Å². The summed E-state index contributed by atoms with van der Waals surface area (Å²) in [5, 5.41) is 2.11. The van der Waals surface area contributed by atoms with Crippen LogP contribution >= 0.6 is 11.3 Å². The molecule has 5 nitrogen and oxygen atoms in total. The Balaban J connectivity index is 1.65. The molecule has 1 unspecified atom stereocenters. The number of carbonyl (C=O) groups is 1. The van der Waals surface area contributed by atoms with Crippen molar-refractivity contribution in [3.05, 3.63) is 46.2 Å². The molecule has 0 bridgehead atoms. The van der Waals surface area contributed by atoms with Gasteiger partial charge in [-0.15, -0.1) is 11.3 Å². The number of benzene rings is 1. The molecule has 0 aliphatic carbocycles. The maximum atomic E-state index is 12.8. The van der Waals surface area contributed by atoms with Crippen LogP contribution in [0.5, 0.6) is 11.5 Å². The van der Waals surface area contributed by atoms with Crippen molar-refractivity contribution in [2.45, 2.75) is 13.0 Å². The minimum atomic E-state index is 0.0284. The second-order valence-corrected chi connectivity index (χ2v) is 7.10. The number of nitrogens with zero attached hydrogens (tertiary/aromatic N) is 2. The summed E-state index contributed by atoms with van der Waals surface area (Å²) in [7, 11) is 3.18. The molecule has 2 aromatic rings. The minimum absolute atomic E-state index is 0.0284. The number of hydrogen-bond acceptors (Lipinski definition) is 5. The normalized spacial score (nSPS) is 16.5. The lowest BCUT2D eigenvalue weighted by molar-refractivity contribution is 0.0584. The summed E-state index contributed by atoms with van der Waals surface area (Å²) in [6.07, 6.45) is 0. The number of piperazine rings is 1. The van der Waals surface area contributed by atoms with Gasteiger partial charge in [0.1, 0.15) is 11.5 Å². The molecular weight excluding hydrogens is 336 g/mol. The lowest BCUT2D eigenvalue weighted by Crippen LogP contribution is -2.49. The monoisotopic (exact) mass is 360 g/mol. The zero-order valence-corrected chi connectivity index (χ0v) is 15.7. The molecule has 3 rings (SSSR count). The third-order valence-corrected chi connectivity index (χ3v) is 5.75. The van der Waals surface area contributed by atoms with E-state index in [2.05, 4.69) is 29.3 Å². The van der Waals surface area contributed by atoms with Gasteiger partial charge in [-0.25, -0.2) is 0 Å². The zero-order valence-electron chi connectivity index (χ0n) is 14.9. The van der Waals surface area contributed by atoms with Crippen molar-refractivity contribution in [3.63, 3.8) is 0 Å². The van der Waals surface area contributed by atoms with Gasteiger partial charge in [-0.05, 0) is 30.5 Å². The standard InChI is InChI=1S/C19H24N2O3S/c1-14(18-5-4-10-25-18)20-6-8-21(9-7-20)19(22)15-11-16(23-2)13-17(12-15)24-3/h4-5,10-14H,6-9H2,1-3H3. The van der Waals surface area contributed by atoms with Crippen molar-refractivity contribution in [1.82, 2.24) is 9.80 Å². The molecule has 1 fully saturated rings. The van der Waals surface area contributed by atoms with Crippen LogP contribution in [0.1, 0.15) is 28.2 Å². The predicted octanol–water partition coefficient (Wildman–Crippen LogP) is 3.28. The number of thiophene rings is 1. The van der Waals surface area contributed by atoms with Crippen LogP contribution in [-0.2, 0) is 0 Å². The third-order valence-electron chi connectivity index (χ3n) is 4.70. The summed E-state index contributed by atoms with van der Waals surface area (Å²) in [5.74, 6) is 1.29. The Hall–Kier alpha value is -2.05. The van der Waals surface area contributed by atoms with Crippen LogP contribution in [0.4, 0.5) is 0 Å². The molecule has 0 spiro atoms. The van der Waals surface area contributed by atoms with Gasteiger partial charge in [0.2, 0.25) is 0 Å². The summed E-state index contributed by atoms with van der Waals surface area (Å²) in [5.41, 5.74) is 0.607. The molecule has 1 saturated heterocycles. The molecule has 1 amide bonds. The smallest absolute Gasteiger partial charge is 0.254 e. The molecule has 0 N–H and O–H groups in total. The molecule has 2 heterocycles. The van der Waals surface area contributed by atoms with E-state index < -0.39 is 0 Å². The van der Waals surface area contributed by atoms with Crippen LogP contribution < -0.4 is 9.47 Å². The van der Waals surface area contributed by atoms with Crippen molar-refractivity contribution in [1.29, 1.82) is 0 Å². The Morgan fingerprint density at radius 3 is 2.24 bits per heavy atom. The molecule has 1 aliphatic heterocycles. The highest BCUT2D eigenvalue weighted by Crippen LogP contribution is 2.27.